The maximum absolute atomic E-state index is 12.5. The van der Waals surface area contributed by atoms with Crippen LogP contribution in [0.2, 0.25) is 0 Å². The number of amides is 1. The fourth-order valence-electron chi connectivity index (χ4n) is 3.57. The van der Waals surface area contributed by atoms with Gasteiger partial charge in [0.2, 0.25) is 0 Å². The molecular formula is C27H27N3O3. The van der Waals surface area contributed by atoms with Crippen molar-refractivity contribution in [3.8, 4) is 17.2 Å². The molecule has 0 fully saturated rings. The Hall–Kier alpha value is -4.06. The number of aromatic nitrogens is 2. The number of anilines is 1. The largest absolute Gasteiger partial charge is 0.484 e. The lowest BCUT2D eigenvalue weighted by Crippen LogP contribution is -2.21. The first-order chi connectivity index (χ1) is 16.0. The molecule has 1 amide bonds. The second-order valence-electron chi connectivity index (χ2n) is 7.92. The normalized spacial score (nSPS) is 10.6. The first-order valence-electron chi connectivity index (χ1n) is 10.8. The summed E-state index contributed by atoms with van der Waals surface area (Å²) < 4.78 is 13.4. The van der Waals surface area contributed by atoms with Gasteiger partial charge in [0.25, 0.3) is 5.91 Å². The summed E-state index contributed by atoms with van der Waals surface area (Å²) in [4.78, 5) is 12.5. The summed E-state index contributed by atoms with van der Waals surface area (Å²) in [5.41, 5.74) is 4.48. The zero-order valence-electron chi connectivity index (χ0n) is 19.0. The van der Waals surface area contributed by atoms with Crippen molar-refractivity contribution in [2.45, 2.75) is 27.3 Å². The molecule has 33 heavy (non-hydrogen) atoms. The summed E-state index contributed by atoms with van der Waals surface area (Å²) >= 11 is 0. The predicted molar refractivity (Wildman–Crippen MR) is 129 cm³/mol. The molecule has 0 atom stereocenters. The number of rotatable bonds is 8. The van der Waals surface area contributed by atoms with Gasteiger partial charge >= 0.3 is 0 Å². The topological polar surface area (TPSA) is 65.4 Å². The number of nitrogens with one attached hydrogen (secondary N) is 1. The highest BCUT2D eigenvalue weighted by Crippen LogP contribution is 2.24. The molecule has 1 heterocycles. The van der Waals surface area contributed by atoms with Gasteiger partial charge in [0.1, 0.15) is 17.2 Å². The molecule has 0 aliphatic rings. The quantitative estimate of drug-likeness (QED) is 0.383. The smallest absolute Gasteiger partial charge is 0.262 e. The Bertz CT molecular complexity index is 1250. The van der Waals surface area contributed by atoms with Crippen LogP contribution in [-0.4, -0.2) is 22.3 Å². The number of hydrogen-bond donors (Lipinski definition) is 1. The van der Waals surface area contributed by atoms with E-state index in [0.29, 0.717) is 18.0 Å². The summed E-state index contributed by atoms with van der Waals surface area (Å²) in [5, 5.41) is 7.56. The van der Waals surface area contributed by atoms with Crippen molar-refractivity contribution in [2.75, 3.05) is 11.9 Å². The SMILES string of the molecule is Cc1cccc(OCC(=O)Nc2c(C)nn(Cc3cccc(Oc4ccccc4)c3)c2C)c1. The van der Waals surface area contributed by atoms with Crippen LogP contribution in [-0.2, 0) is 11.3 Å². The highest BCUT2D eigenvalue weighted by molar-refractivity contribution is 5.93. The molecule has 1 aromatic heterocycles. The monoisotopic (exact) mass is 441 g/mol. The van der Waals surface area contributed by atoms with Crippen molar-refractivity contribution in [3.63, 3.8) is 0 Å². The lowest BCUT2D eigenvalue weighted by Gasteiger charge is -2.10. The van der Waals surface area contributed by atoms with Gasteiger partial charge in [0, 0.05) is 0 Å². The van der Waals surface area contributed by atoms with Gasteiger partial charge in [-0.15, -0.1) is 0 Å². The molecule has 6 heteroatoms. The zero-order chi connectivity index (χ0) is 23.2. The molecule has 0 saturated carbocycles. The van der Waals surface area contributed by atoms with Crippen LogP contribution in [0.4, 0.5) is 5.69 Å². The fourth-order valence-corrected chi connectivity index (χ4v) is 3.57. The van der Waals surface area contributed by atoms with Crippen LogP contribution >= 0.6 is 0 Å². The van der Waals surface area contributed by atoms with E-state index >= 15 is 0 Å². The van der Waals surface area contributed by atoms with E-state index < -0.39 is 0 Å². The fraction of sp³-hybridized carbons (Fsp3) is 0.185. The van der Waals surface area contributed by atoms with Crippen molar-refractivity contribution < 1.29 is 14.3 Å². The maximum atomic E-state index is 12.5. The molecule has 0 spiro atoms. The van der Waals surface area contributed by atoms with Crippen molar-refractivity contribution in [3.05, 3.63) is 101 Å². The number of carbonyl (C=O) groups excluding carboxylic acids is 1. The lowest BCUT2D eigenvalue weighted by atomic mass is 10.2. The van der Waals surface area contributed by atoms with Crippen LogP contribution in [0.25, 0.3) is 0 Å². The lowest BCUT2D eigenvalue weighted by molar-refractivity contribution is -0.118. The van der Waals surface area contributed by atoms with E-state index in [4.69, 9.17) is 9.47 Å². The molecule has 4 rings (SSSR count). The average molecular weight is 442 g/mol. The Morgan fingerprint density at radius 1 is 0.879 bits per heavy atom. The molecule has 0 aliphatic carbocycles. The van der Waals surface area contributed by atoms with E-state index in [9.17, 15) is 4.79 Å². The number of para-hydroxylation sites is 1. The average Bonchev–Trinajstić information content (AvgIpc) is 3.06. The molecular weight excluding hydrogens is 414 g/mol. The number of hydrogen-bond acceptors (Lipinski definition) is 4. The minimum Gasteiger partial charge on any atom is -0.484 e. The first-order valence-corrected chi connectivity index (χ1v) is 10.8. The van der Waals surface area contributed by atoms with Crippen molar-refractivity contribution in [1.82, 2.24) is 9.78 Å². The first kappa shape index (κ1) is 22.1. The number of ether oxygens (including phenoxy) is 2. The molecule has 6 nitrogen and oxygen atoms in total. The molecule has 168 valence electrons. The van der Waals surface area contributed by atoms with Crippen LogP contribution in [0.1, 0.15) is 22.5 Å². The molecule has 0 radical (unpaired) electrons. The van der Waals surface area contributed by atoms with Crippen molar-refractivity contribution in [2.24, 2.45) is 0 Å². The summed E-state index contributed by atoms with van der Waals surface area (Å²) in [7, 11) is 0. The maximum Gasteiger partial charge on any atom is 0.262 e. The summed E-state index contributed by atoms with van der Waals surface area (Å²) in [6, 6.07) is 25.2. The van der Waals surface area contributed by atoms with Crippen LogP contribution in [0.3, 0.4) is 0 Å². The molecule has 0 bridgehead atoms. The number of carbonyl (C=O) groups is 1. The molecule has 4 aromatic rings. The Kier molecular flexibility index (Phi) is 6.74. The minimum atomic E-state index is -0.222. The van der Waals surface area contributed by atoms with E-state index in [1.165, 1.54) is 0 Å². The van der Waals surface area contributed by atoms with Crippen LogP contribution in [0.5, 0.6) is 17.2 Å². The van der Waals surface area contributed by atoms with E-state index in [2.05, 4.69) is 10.4 Å². The minimum absolute atomic E-state index is 0.0631. The Labute approximate surface area is 193 Å². The Balaban J connectivity index is 1.41. The molecule has 0 saturated heterocycles. The van der Waals surface area contributed by atoms with Gasteiger partial charge < -0.3 is 14.8 Å². The summed E-state index contributed by atoms with van der Waals surface area (Å²) in [6.07, 6.45) is 0. The van der Waals surface area contributed by atoms with Crippen molar-refractivity contribution in [1.29, 1.82) is 0 Å². The highest BCUT2D eigenvalue weighted by Gasteiger charge is 2.15. The number of aryl methyl sites for hydroxylation is 2. The summed E-state index contributed by atoms with van der Waals surface area (Å²) in [5.74, 6) is 2.01. The van der Waals surface area contributed by atoms with Gasteiger partial charge in [-0.05, 0) is 68.3 Å². The number of nitrogens with zero attached hydrogens (tertiary/aromatic N) is 2. The van der Waals surface area contributed by atoms with Gasteiger partial charge in [-0.2, -0.15) is 5.10 Å². The van der Waals surface area contributed by atoms with Gasteiger partial charge in [-0.25, -0.2) is 0 Å². The van der Waals surface area contributed by atoms with E-state index in [1.807, 2.05) is 104 Å². The predicted octanol–water partition coefficient (Wildman–Crippen LogP) is 5.67. The van der Waals surface area contributed by atoms with Gasteiger partial charge in [-0.3, -0.25) is 9.48 Å². The Morgan fingerprint density at radius 3 is 2.39 bits per heavy atom. The van der Waals surface area contributed by atoms with Crippen LogP contribution < -0.4 is 14.8 Å². The van der Waals surface area contributed by atoms with Crippen LogP contribution in [0, 0.1) is 20.8 Å². The van der Waals surface area contributed by atoms with Gasteiger partial charge in [0.05, 0.1) is 23.6 Å². The van der Waals surface area contributed by atoms with Gasteiger partial charge in [-0.1, -0.05) is 42.5 Å². The second-order valence-corrected chi connectivity index (χ2v) is 7.92. The third-order valence-corrected chi connectivity index (χ3v) is 5.22. The third-order valence-electron chi connectivity index (χ3n) is 5.22. The Morgan fingerprint density at radius 2 is 1.61 bits per heavy atom. The standard InChI is InChI=1S/C27H27N3O3/c1-19-9-7-13-24(15-19)32-18-26(31)28-27-20(2)29-30(21(27)3)17-22-10-8-14-25(16-22)33-23-11-5-4-6-12-23/h4-16H,17-18H2,1-3H3,(H,28,31). The van der Waals surface area contributed by atoms with E-state index in [1.54, 1.807) is 0 Å². The number of benzene rings is 3. The molecule has 1 N–H and O–H groups in total. The second kappa shape index (κ2) is 10.0. The van der Waals surface area contributed by atoms with Crippen LogP contribution in [0.15, 0.2) is 78.9 Å². The zero-order valence-corrected chi connectivity index (χ0v) is 19.0. The molecule has 0 unspecified atom stereocenters. The van der Waals surface area contributed by atoms with E-state index in [0.717, 1.165) is 34.0 Å². The van der Waals surface area contributed by atoms with Gasteiger partial charge in [0.15, 0.2) is 6.61 Å². The van der Waals surface area contributed by atoms with Crippen molar-refractivity contribution >= 4 is 11.6 Å². The molecule has 0 aliphatic heterocycles. The highest BCUT2D eigenvalue weighted by atomic mass is 16.5. The summed E-state index contributed by atoms with van der Waals surface area (Å²) in [6.45, 7) is 6.31. The molecule has 3 aromatic carbocycles. The third kappa shape index (κ3) is 5.80. The van der Waals surface area contributed by atoms with E-state index in [-0.39, 0.29) is 12.5 Å².